The molecular formula is C56H47NS. The number of benzene rings is 5. The van der Waals surface area contributed by atoms with Crippen LogP contribution < -0.4 is 4.90 Å². The van der Waals surface area contributed by atoms with Crippen molar-refractivity contribution in [1.29, 1.82) is 0 Å². The molecule has 0 saturated heterocycles. The maximum atomic E-state index is 5.62. The number of allylic oxidation sites excluding steroid dienone is 13. The van der Waals surface area contributed by atoms with Gasteiger partial charge in [-0.05, 0) is 149 Å². The average molecular weight is 766 g/mol. The highest BCUT2D eigenvalue weighted by molar-refractivity contribution is 7.26. The van der Waals surface area contributed by atoms with Gasteiger partial charge in [-0.25, -0.2) is 0 Å². The zero-order chi connectivity index (χ0) is 39.2. The molecule has 3 atom stereocenters. The van der Waals surface area contributed by atoms with E-state index in [4.69, 9.17) is 6.42 Å². The lowest BCUT2D eigenvalue weighted by molar-refractivity contribution is 0.493. The van der Waals surface area contributed by atoms with E-state index in [1.54, 1.807) is 6.08 Å². The zero-order valence-electron chi connectivity index (χ0n) is 33.3. The Labute approximate surface area is 347 Å². The van der Waals surface area contributed by atoms with Crippen molar-refractivity contribution in [3.8, 4) is 45.7 Å². The molecule has 1 heterocycles. The second-order valence-electron chi connectivity index (χ2n) is 16.0. The Morgan fingerprint density at radius 2 is 1.66 bits per heavy atom. The summed E-state index contributed by atoms with van der Waals surface area (Å²) in [6.07, 6.45) is 35.8. The minimum absolute atomic E-state index is 0.415. The van der Waals surface area contributed by atoms with E-state index in [0.717, 1.165) is 30.6 Å². The van der Waals surface area contributed by atoms with Crippen LogP contribution in [0.5, 0.6) is 0 Å². The van der Waals surface area contributed by atoms with Gasteiger partial charge in [-0.1, -0.05) is 128 Å². The Hall–Kier alpha value is -6.14. The molecule has 0 spiro atoms. The molecule has 0 fully saturated rings. The van der Waals surface area contributed by atoms with Gasteiger partial charge in [0.1, 0.15) is 0 Å². The summed E-state index contributed by atoms with van der Waals surface area (Å²) < 4.78 is 2.71. The van der Waals surface area contributed by atoms with E-state index in [9.17, 15) is 0 Å². The molecule has 0 aliphatic heterocycles. The maximum absolute atomic E-state index is 5.62. The van der Waals surface area contributed by atoms with Crippen LogP contribution in [0.3, 0.4) is 0 Å². The highest BCUT2D eigenvalue weighted by atomic mass is 32.1. The minimum atomic E-state index is 0.415. The SMILES string of the molecule is C#C/C=C\C(=C/C)N(C1=CC=CCC1)c1cccc(-c2ccc(-c3ccc4c(c3)sc3ccc5c(c34)-c3ccc(C4=CC6C=CCCC6C=C4)cc3C5CC)cc2)c1. The van der Waals surface area contributed by atoms with Gasteiger partial charge in [0, 0.05) is 49.1 Å². The second-order valence-corrected chi connectivity index (χ2v) is 17.1. The first-order valence-corrected chi connectivity index (χ1v) is 21.8. The topological polar surface area (TPSA) is 3.24 Å². The Kier molecular flexibility index (Phi) is 9.56. The first-order chi connectivity index (χ1) is 28.6. The maximum Gasteiger partial charge on any atom is 0.0464 e. The molecule has 4 aliphatic rings. The average Bonchev–Trinajstić information content (AvgIpc) is 3.82. The first kappa shape index (κ1) is 36.2. The summed E-state index contributed by atoms with van der Waals surface area (Å²) in [7, 11) is 0. The fourth-order valence-electron chi connectivity index (χ4n) is 9.84. The fourth-order valence-corrected chi connectivity index (χ4v) is 11.0. The van der Waals surface area contributed by atoms with E-state index in [1.807, 2.05) is 17.4 Å². The molecule has 0 radical (unpaired) electrons. The molecular weight excluding hydrogens is 719 g/mol. The van der Waals surface area contributed by atoms with Gasteiger partial charge in [0.25, 0.3) is 0 Å². The van der Waals surface area contributed by atoms with Crippen LogP contribution >= 0.6 is 11.3 Å². The Balaban J connectivity index is 0.965. The van der Waals surface area contributed by atoms with E-state index in [2.05, 4.69) is 176 Å². The lowest BCUT2D eigenvalue weighted by Gasteiger charge is -2.30. The van der Waals surface area contributed by atoms with Crippen molar-refractivity contribution in [1.82, 2.24) is 0 Å². The van der Waals surface area contributed by atoms with Crippen LogP contribution in [0, 0.1) is 24.2 Å². The number of terminal acetylenes is 1. The van der Waals surface area contributed by atoms with Crippen molar-refractivity contribution in [2.45, 2.75) is 51.9 Å². The van der Waals surface area contributed by atoms with Gasteiger partial charge in [-0.15, -0.1) is 17.8 Å². The molecule has 2 heteroatoms. The van der Waals surface area contributed by atoms with Crippen LogP contribution in [0.15, 0.2) is 175 Å². The van der Waals surface area contributed by atoms with Gasteiger partial charge in [0.05, 0.1) is 0 Å². The molecule has 3 unspecified atom stereocenters. The summed E-state index contributed by atoms with van der Waals surface area (Å²) in [5.41, 5.74) is 16.9. The molecule has 0 N–H and O–H groups in total. The smallest absolute Gasteiger partial charge is 0.0464 e. The summed E-state index contributed by atoms with van der Waals surface area (Å²) in [4.78, 5) is 2.33. The van der Waals surface area contributed by atoms with Gasteiger partial charge < -0.3 is 4.90 Å². The number of hydrogen-bond acceptors (Lipinski definition) is 2. The Morgan fingerprint density at radius 3 is 2.45 bits per heavy atom. The van der Waals surface area contributed by atoms with Crippen molar-refractivity contribution in [3.05, 3.63) is 192 Å². The normalized spacial score (nSPS) is 19.5. The predicted octanol–water partition coefficient (Wildman–Crippen LogP) is 15.6. The van der Waals surface area contributed by atoms with Crippen LogP contribution in [0.1, 0.15) is 68.6 Å². The minimum Gasteiger partial charge on any atom is -0.315 e. The molecule has 5 aromatic carbocycles. The van der Waals surface area contributed by atoms with E-state index in [0.29, 0.717) is 17.8 Å². The highest BCUT2D eigenvalue weighted by Gasteiger charge is 2.31. The van der Waals surface area contributed by atoms with E-state index < -0.39 is 0 Å². The summed E-state index contributed by atoms with van der Waals surface area (Å²) in [5, 5.41) is 2.78. The Morgan fingerprint density at radius 1 is 0.828 bits per heavy atom. The van der Waals surface area contributed by atoms with Crippen LogP contribution in [0.2, 0.25) is 0 Å². The van der Waals surface area contributed by atoms with Gasteiger partial charge in [-0.3, -0.25) is 0 Å². The molecule has 4 aliphatic carbocycles. The highest BCUT2D eigenvalue weighted by Crippen LogP contribution is 2.53. The lowest BCUT2D eigenvalue weighted by Crippen LogP contribution is -2.21. The molecule has 1 nitrogen and oxygen atoms in total. The molecule has 6 aromatic rings. The van der Waals surface area contributed by atoms with Crippen LogP contribution in [0.4, 0.5) is 5.69 Å². The van der Waals surface area contributed by atoms with Gasteiger partial charge >= 0.3 is 0 Å². The van der Waals surface area contributed by atoms with Crippen molar-refractivity contribution in [2.24, 2.45) is 11.8 Å². The van der Waals surface area contributed by atoms with Gasteiger partial charge in [0.15, 0.2) is 0 Å². The molecule has 10 rings (SSSR count). The third kappa shape index (κ3) is 6.35. The number of rotatable bonds is 8. The second kappa shape index (κ2) is 15.3. The van der Waals surface area contributed by atoms with Crippen LogP contribution in [-0.4, -0.2) is 0 Å². The number of fused-ring (bicyclic) bond motifs is 8. The standard InChI is InChI=1S/C56H47NS/c1-4-7-17-45(5-2)57(46-18-9-8-10-19-46)47-20-13-16-41(34-47)38-21-23-39(24-22-38)44-28-30-51-54(36-44)58-53-32-31-49-48(6-3)52-35-43(27-29-50(52)55(49)56(51)53)42-26-25-37-14-11-12-15-40(37)33-42/h1,5,7-9,12-13,15-18,20-37,40,48H,6,10-11,14,19H2,2-3H3/b17-7-,45-5+. The quantitative estimate of drug-likeness (QED) is 0.0847. The lowest BCUT2D eigenvalue weighted by atomic mass is 9.78. The van der Waals surface area contributed by atoms with E-state index in [1.165, 1.54) is 94.4 Å². The van der Waals surface area contributed by atoms with Crippen LogP contribution in [-0.2, 0) is 0 Å². The number of anilines is 1. The third-order valence-electron chi connectivity index (χ3n) is 12.7. The monoisotopic (exact) mass is 765 g/mol. The molecule has 58 heavy (non-hydrogen) atoms. The number of nitrogens with zero attached hydrogens (tertiary/aromatic N) is 1. The van der Waals surface area contributed by atoms with Crippen molar-refractivity contribution in [2.75, 3.05) is 4.90 Å². The summed E-state index contributed by atoms with van der Waals surface area (Å²) >= 11 is 1.92. The summed E-state index contributed by atoms with van der Waals surface area (Å²) in [6, 6.07) is 37.1. The Bertz CT molecular complexity index is 2860. The van der Waals surface area contributed by atoms with Gasteiger partial charge in [-0.2, -0.15) is 0 Å². The number of thiophene rings is 1. The fraction of sp³-hybridized carbons (Fsp3) is 0.179. The summed E-state index contributed by atoms with van der Waals surface area (Å²) in [6.45, 7) is 4.42. The van der Waals surface area contributed by atoms with Gasteiger partial charge in [0.2, 0.25) is 0 Å². The predicted molar refractivity (Wildman–Crippen MR) is 251 cm³/mol. The van der Waals surface area contributed by atoms with Crippen molar-refractivity contribution in [3.63, 3.8) is 0 Å². The third-order valence-corrected chi connectivity index (χ3v) is 13.9. The summed E-state index contributed by atoms with van der Waals surface area (Å²) in [5.74, 6) is 4.25. The molecule has 0 saturated carbocycles. The van der Waals surface area contributed by atoms with E-state index >= 15 is 0 Å². The largest absolute Gasteiger partial charge is 0.315 e. The molecule has 0 amide bonds. The first-order valence-electron chi connectivity index (χ1n) is 21.0. The zero-order valence-corrected chi connectivity index (χ0v) is 34.1. The van der Waals surface area contributed by atoms with Crippen LogP contribution in [0.25, 0.3) is 59.1 Å². The molecule has 0 bridgehead atoms. The molecule has 282 valence electrons. The van der Waals surface area contributed by atoms with Crippen molar-refractivity contribution >= 4 is 42.8 Å². The van der Waals surface area contributed by atoms with E-state index in [-0.39, 0.29) is 0 Å². The number of hydrogen-bond donors (Lipinski definition) is 0. The molecule has 1 aromatic heterocycles. The van der Waals surface area contributed by atoms with Crippen molar-refractivity contribution < 1.29 is 0 Å².